The average Bonchev–Trinajstić information content (AvgIpc) is 2.26. The summed E-state index contributed by atoms with van der Waals surface area (Å²) in [5.41, 5.74) is 0. The molecule has 0 aromatic heterocycles. The summed E-state index contributed by atoms with van der Waals surface area (Å²) in [6.07, 6.45) is 2.40. The molecule has 0 radical (unpaired) electrons. The van der Waals surface area contributed by atoms with Crippen LogP contribution in [0.1, 0.15) is 19.3 Å². The summed E-state index contributed by atoms with van der Waals surface area (Å²) >= 11 is 5.45. The minimum Gasteiger partial charge on any atom is -0.464 e. The quantitative estimate of drug-likeness (QED) is 0.409. The number of oxime groups is 1. The molecule has 14 heavy (non-hydrogen) atoms. The Labute approximate surface area is 86.9 Å². The molecule has 0 bridgehead atoms. The summed E-state index contributed by atoms with van der Waals surface area (Å²) in [6.45, 7) is 0.649. The molecule has 0 aromatic rings. The first-order valence-electron chi connectivity index (χ1n) is 4.33. The zero-order valence-corrected chi connectivity index (χ0v) is 8.62. The van der Waals surface area contributed by atoms with Gasteiger partial charge in [0.2, 0.25) is 6.29 Å². The Hall–Kier alpha value is -0.810. The third-order valence-corrected chi connectivity index (χ3v) is 1.97. The first kappa shape index (κ1) is 11.3. The van der Waals surface area contributed by atoms with Gasteiger partial charge in [-0.05, 0) is 12.8 Å². The minimum atomic E-state index is -0.720. The molecule has 1 unspecified atom stereocenters. The summed E-state index contributed by atoms with van der Waals surface area (Å²) in [7, 11) is 1.22. The SMILES string of the molecule is COC(=O)/C(Cl)=N/OC1CCCCO1. The number of rotatable bonds is 3. The molecule has 6 heteroatoms. The van der Waals surface area contributed by atoms with Gasteiger partial charge in [0, 0.05) is 6.42 Å². The standard InChI is InChI=1S/C8H12ClNO4/c1-12-8(11)7(9)10-14-6-4-2-3-5-13-6/h6H,2-5H2,1H3/b10-7-. The smallest absolute Gasteiger partial charge is 0.372 e. The third kappa shape index (κ3) is 3.51. The highest BCUT2D eigenvalue weighted by Crippen LogP contribution is 2.14. The minimum absolute atomic E-state index is 0.332. The number of halogens is 1. The van der Waals surface area contributed by atoms with Crippen LogP contribution in [0.3, 0.4) is 0 Å². The molecule has 1 heterocycles. The van der Waals surface area contributed by atoms with Crippen LogP contribution in [0.25, 0.3) is 0 Å². The van der Waals surface area contributed by atoms with E-state index in [-0.39, 0.29) is 5.17 Å². The van der Waals surface area contributed by atoms with Gasteiger partial charge in [-0.15, -0.1) is 0 Å². The summed E-state index contributed by atoms with van der Waals surface area (Å²) < 4.78 is 9.53. The second-order valence-electron chi connectivity index (χ2n) is 2.78. The first-order chi connectivity index (χ1) is 6.74. The molecule has 80 valence electrons. The van der Waals surface area contributed by atoms with E-state index in [1.165, 1.54) is 7.11 Å². The van der Waals surface area contributed by atoms with Crippen LogP contribution in [0.15, 0.2) is 5.16 Å². The Kier molecular flexibility index (Phi) is 4.69. The van der Waals surface area contributed by atoms with Crippen molar-refractivity contribution in [3.63, 3.8) is 0 Å². The summed E-state index contributed by atoms with van der Waals surface area (Å²) in [6, 6.07) is 0. The molecule has 0 saturated carbocycles. The van der Waals surface area contributed by atoms with Crippen LogP contribution < -0.4 is 0 Å². The Morgan fingerprint density at radius 2 is 2.36 bits per heavy atom. The molecular weight excluding hydrogens is 210 g/mol. The Morgan fingerprint density at radius 3 is 2.93 bits per heavy atom. The number of carbonyl (C=O) groups is 1. The van der Waals surface area contributed by atoms with Crippen LogP contribution in [0.2, 0.25) is 0 Å². The van der Waals surface area contributed by atoms with Crippen molar-refractivity contribution < 1.29 is 19.1 Å². The van der Waals surface area contributed by atoms with Crippen molar-refractivity contribution in [2.24, 2.45) is 5.16 Å². The molecule has 0 spiro atoms. The van der Waals surface area contributed by atoms with Crippen LogP contribution in [0.4, 0.5) is 0 Å². The maximum absolute atomic E-state index is 10.8. The van der Waals surface area contributed by atoms with Gasteiger partial charge in [0.05, 0.1) is 13.7 Å². The van der Waals surface area contributed by atoms with E-state index in [4.69, 9.17) is 21.2 Å². The lowest BCUT2D eigenvalue weighted by atomic mass is 10.2. The van der Waals surface area contributed by atoms with E-state index in [9.17, 15) is 4.79 Å². The molecule has 0 N–H and O–H groups in total. The van der Waals surface area contributed by atoms with Gasteiger partial charge in [-0.25, -0.2) is 4.79 Å². The van der Waals surface area contributed by atoms with Crippen molar-refractivity contribution >= 4 is 22.7 Å². The summed E-state index contributed by atoms with van der Waals surface area (Å²) in [4.78, 5) is 15.7. The fourth-order valence-corrected chi connectivity index (χ4v) is 1.14. The van der Waals surface area contributed by atoms with E-state index in [2.05, 4.69) is 9.89 Å². The predicted molar refractivity (Wildman–Crippen MR) is 50.0 cm³/mol. The molecule has 1 atom stereocenters. The summed E-state index contributed by atoms with van der Waals surface area (Å²) in [5, 5.41) is 3.07. The topological polar surface area (TPSA) is 57.1 Å². The molecule has 0 aromatic carbocycles. The van der Waals surface area contributed by atoms with Gasteiger partial charge >= 0.3 is 5.97 Å². The van der Waals surface area contributed by atoms with Crippen LogP contribution in [-0.4, -0.2) is 31.1 Å². The number of hydrogen-bond acceptors (Lipinski definition) is 5. The number of hydrogen-bond donors (Lipinski definition) is 0. The van der Waals surface area contributed by atoms with Crippen LogP contribution in [-0.2, 0) is 19.1 Å². The second-order valence-corrected chi connectivity index (χ2v) is 3.13. The van der Waals surface area contributed by atoms with E-state index in [1.54, 1.807) is 0 Å². The second kappa shape index (κ2) is 5.82. The van der Waals surface area contributed by atoms with E-state index in [0.717, 1.165) is 19.3 Å². The van der Waals surface area contributed by atoms with Crippen LogP contribution in [0, 0.1) is 0 Å². The van der Waals surface area contributed by atoms with Crippen molar-refractivity contribution in [1.29, 1.82) is 0 Å². The van der Waals surface area contributed by atoms with Crippen molar-refractivity contribution in [3.05, 3.63) is 0 Å². The van der Waals surface area contributed by atoms with Crippen molar-refractivity contribution in [2.75, 3.05) is 13.7 Å². The molecule has 1 saturated heterocycles. The van der Waals surface area contributed by atoms with Gasteiger partial charge in [0.15, 0.2) is 0 Å². The number of esters is 1. The van der Waals surface area contributed by atoms with Gasteiger partial charge in [-0.3, -0.25) is 0 Å². The lowest BCUT2D eigenvalue weighted by Gasteiger charge is -2.19. The maximum atomic E-state index is 10.8. The van der Waals surface area contributed by atoms with E-state index >= 15 is 0 Å². The lowest BCUT2D eigenvalue weighted by molar-refractivity contribution is -0.162. The fourth-order valence-electron chi connectivity index (χ4n) is 1.02. The fraction of sp³-hybridized carbons (Fsp3) is 0.750. The van der Waals surface area contributed by atoms with Gasteiger partial charge in [0.1, 0.15) is 0 Å². The zero-order valence-electron chi connectivity index (χ0n) is 7.86. The highest BCUT2D eigenvalue weighted by molar-refractivity contribution is 6.81. The highest BCUT2D eigenvalue weighted by Gasteiger charge is 2.16. The zero-order chi connectivity index (χ0) is 10.4. The average molecular weight is 222 g/mol. The van der Waals surface area contributed by atoms with Crippen LogP contribution >= 0.6 is 11.6 Å². The van der Waals surface area contributed by atoms with Crippen LogP contribution in [0.5, 0.6) is 0 Å². The normalized spacial score (nSPS) is 23.0. The van der Waals surface area contributed by atoms with E-state index in [0.29, 0.717) is 6.61 Å². The number of carbonyl (C=O) groups excluding carboxylic acids is 1. The summed E-state index contributed by atoms with van der Waals surface area (Å²) in [5.74, 6) is -0.720. The number of nitrogens with zero attached hydrogens (tertiary/aromatic N) is 1. The van der Waals surface area contributed by atoms with Crippen molar-refractivity contribution in [2.45, 2.75) is 25.6 Å². The third-order valence-electron chi connectivity index (χ3n) is 1.74. The molecule has 5 nitrogen and oxygen atoms in total. The number of methoxy groups -OCH3 is 1. The first-order valence-corrected chi connectivity index (χ1v) is 4.71. The molecule has 1 aliphatic heterocycles. The molecule has 1 fully saturated rings. The van der Waals surface area contributed by atoms with Gasteiger partial charge in [-0.2, -0.15) is 0 Å². The molecule has 0 aliphatic carbocycles. The molecular formula is C8H12ClNO4. The van der Waals surface area contributed by atoms with E-state index < -0.39 is 12.3 Å². The van der Waals surface area contributed by atoms with E-state index in [1.807, 2.05) is 0 Å². The Morgan fingerprint density at radius 1 is 1.57 bits per heavy atom. The Bertz CT molecular complexity index is 225. The molecule has 1 aliphatic rings. The lowest BCUT2D eigenvalue weighted by Crippen LogP contribution is -2.21. The predicted octanol–water partition coefficient (Wildman–Crippen LogP) is 1.25. The van der Waals surface area contributed by atoms with Gasteiger partial charge in [0.25, 0.3) is 5.17 Å². The van der Waals surface area contributed by atoms with Crippen molar-refractivity contribution in [3.8, 4) is 0 Å². The van der Waals surface area contributed by atoms with Gasteiger partial charge < -0.3 is 14.3 Å². The highest BCUT2D eigenvalue weighted by atomic mass is 35.5. The largest absolute Gasteiger partial charge is 0.464 e. The monoisotopic (exact) mass is 221 g/mol. The number of ether oxygens (including phenoxy) is 2. The van der Waals surface area contributed by atoms with Gasteiger partial charge in [-0.1, -0.05) is 16.8 Å². The molecule has 0 amide bonds. The maximum Gasteiger partial charge on any atom is 0.372 e. The van der Waals surface area contributed by atoms with Crippen molar-refractivity contribution in [1.82, 2.24) is 0 Å². The Balaban J connectivity index is 2.33. The molecule has 1 rings (SSSR count).